The maximum atomic E-state index is 11.4. The molecule has 22 nitrogen and oxygen atoms in total. The van der Waals surface area contributed by atoms with Gasteiger partial charge in [-0.05, 0) is 48.5 Å². The number of carbonyl (C=O) groups excluding carboxylic acids is 3. The molecule has 4 aromatic rings. The number of aromatic carboxylic acids is 2. The summed E-state index contributed by atoms with van der Waals surface area (Å²) in [6.45, 7) is 4.39. The Morgan fingerprint density at radius 3 is 1.18 bits per heavy atom. The van der Waals surface area contributed by atoms with E-state index in [0.29, 0.717) is 102 Å². The van der Waals surface area contributed by atoms with Crippen LogP contribution in [0.3, 0.4) is 0 Å². The largest absolute Gasteiger partial charge is 3.00 e. The summed E-state index contributed by atoms with van der Waals surface area (Å²) in [5.41, 5.74) is 3.86. The number of hydrogen-bond donors (Lipinski definition) is 3. The van der Waals surface area contributed by atoms with Gasteiger partial charge in [-0.25, -0.2) is 9.78 Å². The van der Waals surface area contributed by atoms with E-state index in [1.807, 2.05) is 40.1 Å². The van der Waals surface area contributed by atoms with E-state index in [-0.39, 0.29) is 84.1 Å². The topological polar surface area (TPSA) is 303 Å². The molecule has 3 N–H and O–H groups in total. The summed E-state index contributed by atoms with van der Waals surface area (Å²) in [7, 11) is 0. The minimum Gasteiger partial charge on any atom is -0.549 e. The molecule has 0 unspecified atom stereocenters. The van der Waals surface area contributed by atoms with Gasteiger partial charge in [0.2, 0.25) is 0 Å². The number of hydrogen-bond acceptors (Lipinski definition) is 19. The van der Waals surface area contributed by atoms with Crippen molar-refractivity contribution >= 4 is 35.8 Å². The Morgan fingerprint density at radius 1 is 0.433 bits per heavy atom. The average molecular weight is 1070 g/mol. The first-order valence-corrected chi connectivity index (χ1v) is 21.0. The minimum atomic E-state index is -1.36. The van der Waals surface area contributed by atoms with Crippen LogP contribution < -0.4 is 15.3 Å². The molecule has 357 valence electrons. The summed E-state index contributed by atoms with van der Waals surface area (Å²) >= 11 is 0. The first-order chi connectivity index (χ1) is 31.6. The first-order valence-electron chi connectivity index (χ1n) is 21.0. The predicted molar refractivity (Wildman–Crippen MR) is 225 cm³/mol. The van der Waals surface area contributed by atoms with E-state index in [2.05, 4.69) is 19.9 Å². The van der Waals surface area contributed by atoms with E-state index in [0.717, 1.165) is 17.1 Å². The Morgan fingerprint density at radius 2 is 0.761 bits per heavy atom. The molecule has 2 aliphatic heterocycles. The number of carbonyl (C=O) groups is 6. The number of aromatic nitrogens is 4. The van der Waals surface area contributed by atoms with Gasteiger partial charge in [-0.1, -0.05) is 24.3 Å². The van der Waals surface area contributed by atoms with Crippen LogP contribution in [0, 0.1) is 39.9 Å². The smallest absolute Gasteiger partial charge is 0.549 e. The third-order valence-electron chi connectivity index (χ3n) is 10.4. The van der Waals surface area contributed by atoms with Crippen molar-refractivity contribution in [3.05, 3.63) is 118 Å². The van der Waals surface area contributed by atoms with Crippen molar-refractivity contribution in [1.29, 1.82) is 0 Å². The van der Waals surface area contributed by atoms with Crippen LogP contribution in [0.15, 0.2) is 72.8 Å². The second-order valence-electron chi connectivity index (χ2n) is 15.8. The zero-order valence-electron chi connectivity index (χ0n) is 36.5. The molecule has 0 atom stereocenters. The van der Waals surface area contributed by atoms with E-state index in [9.17, 15) is 59.4 Å². The molecular formula is C44H51GdN10O12. The van der Waals surface area contributed by atoms with Crippen molar-refractivity contribution < 1.29 is 99.3 Å². The van der Waals surface area contributed by atoms with Crippen LogP contribution in [0.4, 0.5) is 0 Å². The molecule has 6 rings (SSSR count). The fraction of sp³-hybridized carbons (Fsp3) is 0.409. The Hall–Kier alpha value is -5.50. The van der Waals surface area contributed by atoms with Gasteiger partial charge in [0.25, 0.3) is 0 Å². The van der Waals surface area contributed by atoms with Gasteiger partial charge in [0.05, 0.1) is 70.9 Å². The monoisotopic (exact) mass is 1070 g/mol. The molecule has 0 saturated carbocycles. The van der Waals surface area contributed by atoms with Crippen molar-refractivity contribution in [2.75, 3.05) is 78.5 Å². The van der Waals surface area contributed by atoms with Gasteiger partial charge in [-0.3, -0.25) is 53.9 Å². The average Bonchev–Trinajstić information content (AvgIpc) is 3.24. The van der Waals surface area contributed by atoms with Gasteiger partial charge in [0.15, 0.2) is 0 Å². The van der Waals surface area contributed by atoms with Crippen LogP contribution in [0.2, 0.25) is 0 Å². The number of pyridine rings is 4. The van der Waals surface area contributed by atoms with Crippen molar-refractivity contribution in [3.63, 3.8) is 0 Å². The first kappa shape index (κ1) is 54.1. The Bertz CT molecular complexity index is 2170. The fourth-order valence-corrected chi connectivity index (χ4v) is 7.43. The van der Waals surface area contributed by atoms with Gasteiger partial charge >= 0.3 is 57.8 Å². The second-order valence-corrected chi connectivity index (χ2v) is 15.8. The Kier molecular flexibility index (Phi) is 22.1. The van der Waals surface area contributed by atoms with Crippen molar-refractivity contribution in [2.45, 2.75) is 39.3 Å². The molecule has 4 aromatic heterocycles. The molecule has 0 fully saturated rings. The molecule has 0 aliphatic carbocycles. The van der Waals surface area contributed by atoms with Crippen molar-refractivity contribution in [3.8, 4) is 0 Å². The number of nitrogens with zero attached hydrogens (tertiary/aromatic N) is 10. The zero-order chi connectivity index (χ0) is 47.6. The van der Waals surface area contributed by atoms with E-state index in [1.54, 1.807) is 49.9 Å². The summed E-state index contributed by atoms with van der Waals surface area (Å²) in [4.78, 5) is 96.0. The standard InChI is InChI=1S/2C22H27N5O6.Gd/c2*28-20(29)14-25-7-9-26(13-18-5-2-6-19(24-18)22(32)33)11-16-3-1-4-17(23-16)12-27(10-8-25)15-21(30)31;/h2*1-6H,7-15H2,(H,28,29)(H,30,31)(H,32,33);/q;;+3/p-3. The van der Waals surface area contributed by atoms with Crippen LogP contribution in [0.5, 0.6) is 0 Å². The Balaban J connectivity index is 0.000000288. The zero-order valence-corrected chi connectivity index (χ0v) is 38.8. The van der Waals surface area contributed by atoms with Crippen LogP contribution in [-0.4, -0.2) is 179 Å². The van der Waals surface area contributed by atoms with Gasteiger partial charge < -0.3 is 45.0 Å². The van der Waals surface area contributed by atoms with Crippen molar-refractivity contribution in [1.82, 2.24) is 49.3 Å². The third-order valence-corrected chi connectivity index (χ3v) is 10.4. The summed E-state index contributed by atoms with van der Waals surface area (Å²) in [6, 6.07) is 20.6. The predicted octanol–water partition coefficient (Wildman–Crippen LogP) is -3.08. The van der Waals surface area contributed by atoms with Crippen LogP contribution in [-0.2, 0) is 58.4 Å². The normalized spacial score (nSPS) is 16.2. The second kappa shape index (κ2) is 27.4. The molecule has 2 aliphatic rings. The number of fused-ring (bicyclic) bond motifs is 4. The minimum absolute atomic E-state index is 0. The van der Waals surface area contributed by atoms with Gasteiger partial charge in [-0.2, -0.15) is 0 Å². The molecule has 0 aromatic carbocycles. The number of carboxylic acid groups (broad SMARTS) is 6. The molecule has 6 heterocycles. The molecule has 0 amide bonds. The SMILES string of the molecule is O=C(O)CN1CCN(CC(=O)O)Cc2cccc(n2)CN(Cc2cccc(C(=O)O)n2)CC1.O=C([O-])CN1CCN(CC(=O)[O-])Cc2cccc(n2)CN(Cc2cccc(C(=O)[O-])n2)CC1.[Gd+3]. The molecule has 67 heavy (non-hydrogen) atoms. The molecule has 4 bridgehead atoms. The summed E-state index contributed by atoms with van der Waals surface area (Å²) < 4.78 is 0. The molecule has 0 saturated heterocycles. The van der Waals surface area contributed by atoms with Gasteiger partial charge in [-0.15, -0.1) is 0 Å². The van der Waals surface area contributed by atoms with E-state index >= 15 is 0 Å². The number of carboxylic acids is 6. The number of aliphatic carboxylic acids is 4. The maximum Gasteiger partial charge on any atom is 3.00 e. The van der Waals surface area contributed by atoms with Crippen LogP contribution >= 0.6 is 0 Å². The van der Waals surface area contributed by atoms with Gasteiger partial charge in [0.1, 0.15) is 5.69 Å². The Labute approximate surface area is 418 Å². The maximum absolute atomic E-state index is 11.4. The fourth-order valence-electron chi connectivity index (χ4n) is 7.43. The van der Waals surface area contributed by atoms with Crippen molar-refractivity contribution in [2.24, 2.45) is 0 Å². The molecular weight excluding hydrogens is 1020 g/mol. The quantitative estimate of drug-likeness (QED) is 0.113. The summed E-state index contributed by atoms with van der Waals surface area (Å²) in [5.74, 6) is -6.82. The van der Waals surface area contributed by atoms with Gasteiger partial charge in [0, 0.05) is 105 Å². The van der Waals surface area contributed by atoms with Crippen LogP contribution in [0.1, 0.15) is 55.1 Å². The summed E-state index contributed by atoms with van der Waals surface area (Å²) in [6.07, 6.45) is 0. The van der Waals surface area contributed by atoms with E-state index in [4.69, 9.17) is 0 Å². The molecule has 0 spiro atoms. The third kappa shape index (κ3) is 19.7. The summed E-state index contributed by atoms with van der Waals surface area (Å²) in [5, 5.41) is 61.3. The molecule has 1 radical (unpaired) electrons. The van der Waals surface area contributed by atoms with E-state index in [1.165, 1.54) is 12.1 Å². The number of rotatable bonds is 14. The van der Waals surface area contributed by atoms with E-state index < -0.39 is 35.8 Å². The van der Waals surface area contributed by atoms with Crippen LogP contribution in [0.25, 0.3) is 0 Å². The molecule has 23 heteroatoms.